The summed E-state index contributed by atoms with van der Waals surface area (Å²) in [5.41, 5.74) is 0. The minimum absolute atomic E-state index is 0.0255. The molecule has 0 saturated heterocycles. The standard InChI is InChI=1S/C7H15NO.C6H13NO.C6H12O2.C6H12O.C5H12O2S.C5H10O2.C5H10O.C5H13S.C4H9NO.C3H6O2.C3H6O.C2H6O2S/c1-6(2)5-8(4)7(3)9;1-5(2)7(4)6(3)8;1-5(2)4-8-6(3)7;1-5(2)4-6(3)7;1-5(2)4-8(3)7-6;1-4(2)7-5(3)6;1-4(2)5(3)6;1-5(2)6(3)4;1-4(6)5(2)3;1-3(4)5-2;1-3(2)4;1-5(2)4-3/h6H,5H2,1-4H3;5H,1-4H3;5H,4H2,1-3H3;5H,4H2,1-3H3;5H,4H2,1-3H3;4H,1-3H3;4H,1-3H3;5H,1-4H3;1-3H3;1-2H3;1-2H3;1-2H3/q;;;;;;;+1;;;;/p+2. The van der Waals surface area contributed by atoms with E-state index in [0.717, 1.165) is 24.0 Å². The molecule has 0 aliphatic rings. The Kier molecular flexibility index (Phi) is 95.9. The van der Waals surface area contributed by atoms with Crippen LogP contribution in [0.25, 0.3) is 0 Å². The summed E-state index contributed by atoms with van der Waals surface area (Å²) >= 11 is -0.519. The van der Waals surface area contributed by atoms with Crippen LogP contribution < -0.4 is 0 Å². The van der Waals surface area contributed by atoms with E-state index in [1.54, 1.807) is 71.1 Å². The Labute approximate surface area is 494 Å². The Bertz CT molecular complexity index is 1400. The van der Waals surface area contributed by atoms with E-state index < -0.39 is 0 Å². The number of nitrogens with zero attached hydrogens (tertiary/aromatic N) is 3. The van der Waals surface area contributed by atoms with Crippen molar-refractivity contribution in [2.45, 2.75) is 204 Å². The van der Waals surface area contributed by atoms with Gasteiger partial charge in [-0.15, -0.1) is 0 Å². The summed E-state index contributed by atoms with van der Waals surface area (Å²) in [7, 11) is 9.05. The molecule has 0 aromatic heterocycles. The summed E-state index contributed by atoms with van der Waals surface area (Å²) in [6.07, 6.45) is 10.7. The fourth-order valence-corrected chi connectivity index (χ4v) is 3.73. The highest BCUT2D eigenvalue weighted by Gasteiger charge is 2.14. The Balaban J connectivity index is -0.0000000623. The highest BCUT2D eigenvalue weighted by molar-refractivity contribution is 7.96. The Morgan fingerprint density at radius 3 is 0.873 bits per heavy atom. The molecule has 3 amide bonds. The molecule has 0 bridgehead atoms. The van der Waals surface area contributed by atoms with Gasteiger partial charge in [-0.1, -0.05) is 69.2 Å². The second-order valence-corrected chi connectivity index (χ2v) is 26.9. The number of rotatable bonds is 14. The van der Waals surface area contributed by atoms with E-state index in [4.69, 9.17) is 10.5 Å². The maximum absolute atomic E-state index is 10.6. The SMILES string of the molecule is CC(=O)C(C)C.CC(=O)CC(C)C.CC(=O)N(C)C.CC(=O)N(C)C(C)C.CC(=O)N(C)CC(C)C.CC(=O)OC(C)C.CC(=O)OCC(C)C.CC(C)=O.CC(C)C[S+](C)OO.CC(C)[S+](C)C.COC(C)=O.C[S+](C)OO. The van der Waals surface area contributed by atoms with Crippen molar-refractivity contribution in [2.75, 3.05) is 85.5 Å². The minimum Gasteiger partial charge on any atom is -0.469 e. The molecule has 0 aromatic rings. The largest absolute Gasteiger partial charge is 0.469 e. The second-order valence-electron chi connectivity index (χ2n) is 20.9. The van der Waals surface area contributed by atoms with Crippen molar-refractivity contribution in [3.05, 3.63) is 0 Å². The Morgan fingerprint density at radius 2 is 0.835 bits per heavy atom. The van der Waals surface area contributed by atoms with Crippen molar-refractivity contribution in [3.63, 3.8) is 0 Å². The van der Waals surface area contributed by atoms with Crippen LogP contribution >= 0.6 is 0 Å². The molecule has 2 N–H and O–H groups in total. The van der Waals surface area contributed by atoms with Crippen LogP contribution in [0.4, 0.5) is 0 Å². The van der Waals surface area contributed by atoms with Crippen LogP contribution in [-0.2, 0) is 99.3 Å². The predicted molar refractivity (Wildman–Crippen MR) is 338 cm³/mol. The number of hydrogen-bond acceptors (Lipinski definition) is 16. The van der Waals surface area contributed by atoms with Gasteiger partial charge in [-0.05, 0) is 107 Å². The zero-order valence-corrected chi connectivity index (χ0v) is 59.6. The maximum Gasteiger partial charge on any atom is 0.302 e. The molecule has 480 valence electrons. The lowest BCUT2D eigenvalue weighted by atomic mass is 10.1. The molecular formula is C57H126N3O16S3+3. The molecule has 79 heavy (non-hydrogen) atoms. The van der Waals surface area contributed by atoms with Crippen molar-refractivity contribution in [2.24, 2.45) is 29.6 Å². The molecular weight excluding hydrogens is 1080 g/mol. The first-order chi connectivity index (χ1) is 35.3. The molecule has 1 atom stereocenters. The Morgan fingerprint density at radius 1 is 0.506 bits per heavy atom. The molecule has 0 saturated carbocycles. The summed E-state index contributed by atoms with van der Waals surface area (Å²) in [6, 6.07) is 0.326. The number of esters is 3. The Hall–Kier alpha value is -3.28. The number of Topliss-reactive ketones (excluding diaryl/α,β-unsaturated/α-hetero) is 3. The van der Waals surface area contributed by atoms with E-state index in [-0.39, 0.29) is 87.4 Å². The summed E-state index contributed by atoms with van der Waals surface area (Å²) in [4.78, 5) is 95.7. The summed E-state index contributed by atoms with van der Waals surface area (Å²) in [5, 5.41) is 16.6. The molecule has 0 aromatic carbocycles. The number of carbonyl (C=O) groups is 9. The number of methoxy groups -OCH3 is 1. The lowest BCUT2D eigenvalue weighted by Crippen LogP contribution is -2.30. The third-order valence-electron chi connectivity index (χ3n) is 7.68. The van der Waals surface area contributed by atoms with Crippen molar-refractivity contribution >= 4 is 86.2 Å². The third-order valence-corrected chi connectivity index (χ3v) is 11.3. The van der Waals surface area contributed by atoms with Gasteiger partial charge in [0.15, 0.2) is 22.4 Å². The van der Waals surface area contributed by atoms with Crippen LogP contribution in [0.1, 0.15) is 186 Å². The molecule has 0 rings (SSSR count). The van der Waals surface area contributed by atoms with E-state index in [0.29, 0.717) is 47.2 Å². The number of amides is 3. The smallest absolute Gasteiger partial charge is 0.302 e. The molecule has 0 radical (unpaired) electrons. The van der Waals surface area contributed by atoms with Crippen molar-refractivity contribution in [1.29, 1.82) is 0 Å². The van der Waals surface area contributed by atoms with Gasteiger partial charge in [-0.25, -0.2) is 10.5 Å². The van der Waals surface area contributed by atoms with Crippen LogP contribution in [0.3, 0.4) is 0 Å². The topological polar surface area (TPSA) is 250 Å². The average Bonchev–Trinajstić information content (AvgIpc) is 3.25. The highest BCUT2D eigenvalue weighted by Crippen LogP contribution is 2.00. The molecule has 0 aliphatic heterocycles. The van der Waals surface area contributed by atoms with Gasteiger partial charge in [0.2, 0.25) is 17.7 Å². The summed E-state index contributed by atoms with van der Waals surface area (Å²) in [5.74, 6) is 3.72. The van der Waals surface area contributed by atoms with Crippen LogP contribution in [0, 0.1) is 29.6 Å². The summed E-state index contributed by atoms with van der Waals surface area (Å²) < 4.78 is 21.3. The van der Waals surface area contributed by atoms with Gasteiger partial charge < -0.3 is 38.5 Å². The third kappa shape index (κ3) is 174. The predicted octanol–water partition coefficient (Wildman–Crippen LogP) is 10.7. The van der Waals surface area contributed by atoms with Gasteiger partial charge in [0, 0.05) is 101 Å². The van der Waals surface area contributed by atoms with Crippen molar-refractivity contribution in [3.8, 4) is 0 Å². The van der Waals surface area contributed by atoms with E-state index >= 15 is 0 Å². The quantitative estimate of drug-likeness (QED) is 0.0539. The zero-order chi connectivity index (χ0) is 66.6. The average molecular weight is 1210 g/mol. The molecule has 0 aliphatic carbocycles. The second kappa shape index (κ2) is 72.7. The fourth-order valence-electron chi connectivity index (χ4n) is 2.73. The first-order valence-electron chi connectivity index (χ1n) is 26.2. The number of ketones is 3. The van der Waals surface area contributed by atoms with Gasteiger partial charge in [0.05, 0.1) is 32.3 Å². The summed E-state index contributed by atoms with van der Waals surface area (Å²) in [6.45, 7) is 48.9. The lowest BCUT2D eigenvalue weighted by molar-refractivity contribution is -0.145. The van der Waals surface area contributed by atoms with Crippen molar-refractivity contribution < 1.29 is 76.5 Å². The normalized spacial score (nSPS) is 9.72. The van der Waals surface area contributed by atoms with E-state index in [9.17, 15) is 43.2 Å². The van der Waals surface area contributed by atoms with Crippen molar-refractivity contribution in [1.82, 2.24) is 14.7 Å². The zero-order valence-electron chi connectivity index (χ0n) is 57.1. The van der Waals surface area contributed by atoms with Gasteiger partial charge in [-0.2, -0.15) is 0 Å². The molecule has 0 spiro atoms. The van der Waals surface area contributed by atoms with Crippen LogP contribution in [0.2, 0.25) is 0 Å². The van der Waals surface area contributed by atoms with Crippen LogP contribution in [0.5, 0.6) is 0 Å². The molecule has 22 heteroatoms. The number of carbonyl (C=O) groups excluding carboxylic acids is 9. The van der Waals surface area contributed by atoms with Gasteiger partial charge in [0.25, 0.3) is 0 Å². The maximum atomic E-state index is 10.6. The van der Waals surface area contributed by atoms with Crippen LogP contribution in [-0.4, -0.2) is 181 Å². The molecule has 0 heterocycles. The van der Waals surface area contributed by atoms with E-state index in [2.05, 4.69) is 76.9 Å². The van der Waals surface area contributed by atoms with Gasteiger partial charge in [-0.3, -0.25) is 33.6 Å². The van der Waals surface area contributed by atoms with Gasteiger partial charge >= 0.3 is 17.9 Å². The molecule has 19 nitrogen and oxygen atoms in total. The number of ether oxygens (including phenoxy) is 3. The lowest BCUT2D eigenvalue weighted by Gasteiger charge is -2.18. The monoisotopic (exact) mass is 1200 g/mol. The molecule has 1 unspecified atom stereocenters. The highest BCUT2D eigenvalue weighted by atomic mass is 32.2. The number of hydrogen-bond donors (Lipinski definition) is 2. The van der Waals surface area contributed by atoms with Gasteiger partial charge in [0.1, 0.15) is 47.1 Å². The molecule has 0 fully saturated rings. The minimum atomic E-state index is -0.267. The van der Waals surface area contributed by atoms with E-state index in [1.807, 2.05) is 82.5 Å². The fraction of sp³-hybridized carbons (Fsp3) is 0.842. The first kappa shape index (κ1) is 104. The van der Waals surface area contributed by atoms with Crippen LogP contribution in [0.15, 0.2) is 0 Å². The van der Waals surface area contributed by atoms with E-state index in [1.165, 1.54) is 53.6 Å². The first-order valence-corrected chi connectivity index (χ1v) is 32.0.